The summed E-state index contributed by atoms with van der Waals surface area (Å²) >= 11 is 0. The van der Waals surface area contributed by atoms with Crippen molar-refractivity contribution < 1.29 is 22.7 Å². The third-order valence-corrected chi connectivity index (χ3v) is 3.87. The van der Waals surface area contributed by atoms with Gasteiger partial charge in [-0.2, -0.15) is 13.2 Å². The van der Waals surface area contributed by atoms with Crippen LogP contribution in [0.3, 0.4) is 0 Å². The van der Waals surface area contributed by atoms with E-state index >= 15 is 0 Å². The van der Waals surface area contributed by atoms with Crippen molar-refractivity contribution in [2.45, 2.75) is 38.8 Å². The third kappa shape index (κ3) is 5.47. The summed E-state index contributed by atoms with van der Waals surface area (Å²) < 4.78 is 43.3. The highest BCUT2D eigenvalue weighted by Gasteiger charge is 2.44. The monoisotopic (exact) mass is 310 g/mol. The van der Waals surface area contributed by atoms with E-state index in [1.807, 2.05) is 6.92 Å². The second-order valence-electron chi connectivity index (χ2n) is 5.66. The average Bonchev–Trinajstić information content (AvgIpc) is 2.43. The van der Waals surface area contributed by atoms with E-state index in [-0.39, 0.29) is 13.2 Å². The number of methoxy groups -OCH3 is 1. The van der Waals surface area contributed by atoms with Crippen LogP contribution in [-0.4, -0.2) is 56.9 Å². The Balaban J connectivity index is 2.88. The number of amides is 1. The smallest absolute Gasteiger partial charge is 0.384 e. The van der Waals surface area contributed by atoms with Crippen molar-refractivity contribution in [3.8, 4) is 0 Å². The molecule has 0 atom stereocenters. The van der Waals surface area contributed by atoms with E-state index < -0.39 is 24.0 Å². The second-order valence-corrected chi connectivity index (χ2v) is 5.66. The van der Waals surface area contributed by atoms with Gasteiger partial charge in [-0.3, -0.25) is 4.79 Å². The van der Waals surface area contributed by atoms with Gasteiger partial charge in [0.05, 0.1) is 12.0 Å². The average molecular weight is 310 g/mol. The summed E-state index contributed by atoms with van der Waals surface area (Å²) in [6.45, 7) is 2.30. The van der Waals surface area contributed by atoms with Gasteiger partial charge in [0, 0.05) is 13.7 Å². The molecule has 1 heterocycles. The van der Waals surface area contributed by atoms with Crippen LogP contribution in [0.5, 0.6) is 0 Å². The first-order valence-corrected chi connectivity index (χ1v) is 7.40. The van der Waals surface area contributed by atoms with Gasteiger partial charge in [-0.1, -0.05) is 13.3 Å². The van der Waals surface area contributed by atoms with E-state index in [2.05, 4.69) is 5.32 Å². The molecule has 0 spiro atoms. The first-order valence-electron chi connectivity index (χ1n) is 7.40. The van der Waals surface area contributed by atoms with E-state index in [1.54, 1.807) is 0 Å². The fourth-order valence-electron chi connectivity index (χ4n) is 2.75. The maximum absolute atomic E-state index is 12.7. The van der Waals surface area contributed by atoms with Crippen molar-refractivity contribution in [1.82, 2.24) is 10.2 Å². The largest absolute Gasteiger partial charge is 0.406 e. The molecule has 1 aliphatic heterocycles. The van der Waals surface area contributed by atoms with Gasteiger partial charge in [-0.05, 0) is 32.4 Å². The van der Waals surface area contributed by atoms with Crippen LogP contribution in [-0.2, 0) is 9.53 Å². The minimum atomic E-state index is -4.37. The quantitative estimate of drug-likeness (QED) is 0.784. The number of halogens is 3. The van der Waals surface area contributed by atoms with Crippen molar-refractivity contribution in [2.75, 3.05) is 39.9 Å². The van der Waals surface area contributed by atoms with Gasteiger partial charge >= 0.3 is 6.18 Å². The van der Waals surface area contributed by atoms with E-state index in [0.29, 0.717) is 32.4 Å². The Morgan fingerprint density at radius 2 is 1.95 bits per heavy atom. The number of carbonyl (C=O) groups is 1. The number of unbranched alkanes of at least 4 members (excludes halogenated alkanes) is 1. The van der Waals surface area contributed by atoms with Crippen molar-refractivity contribution >= 4 is 5.91 Å². The van der Waals surface area contributed by atoms with Crippen LogP contribution in [0.15, 0.2) is 0 Å². The van der Waals surface area contributed by atoms with Gasteiger partial charge in [-0.25, -0.2) is 0 Å². The van der Waals surface area contributed by atoms with Crippen molar-refractivity contribution in [2.24, 2.45) is 5.41 Å². The number of hydrogen-bond acceptors (Lipinski definition) is 3. The molecule has 0 unspecified atom stereocenters. The molecule has 1 amide bonds. The molecule has 0 radical (unpaired) electrons. The number of nitrogens with zero attached hydrogens (tertiary/aromatic N) is 1. The third-order valence-electron chi connectivity index (χ3n) is 3.87. The number of carbonyl (C=O) groups excluding carboxylic acids is 1. The predicted octanol–water partition coefficient (Wildman–Crippen LogP) is 2.19. The standard InChI is InChI=1S/C14H25F3N2O2/c1-3-4-9-19(10-14(15,16)17)12(20)13(11-21-2)5-7-18-8-6-13/h18H,3-11H2,1-2H3. The van der Waals surface area contributed by atoms with Gasteiger partial charge in [0.15, 0.2) is 0 Å². The van der Waals surface area contributed by atoms with E-state index in [1.165, 1.54) is 7.11 Å². The Hall–Kier alpha value is -0.820. The molecule has 124 valence electrons. The van der Waals surface area contributed by atoms with Gasteiger partial charge in [0.25, 0.3) is 0 Å². The van der Waals surface area contributed by atoms with E-state index in [0.717, 1.165) is 11.3 Å². The second kappa shape index (κ2) is 7.98. The van der Waals surface area contributed by atoms with Gasteiger partial charge in [-0.15, -0.1) is 0 Å². The molecule has 1 aliphatic rings. The molecule has 0 saturated carbocycles. The van der Waals surface area contributed by atoms with E-state index in [9.17, 15) is 18.0 Å². The Morgan fingerprint density at radius 3 is 2.43 bits per heavy atom. The summed E-state index contributed by atoms with van der Waals surface area (Å²) in [6.07, 6.45) is -2.02. The van der Waals surface area contributed by atoms with Crippen LogP contribution >= 0.6 is 0 Å². The minimum Gasteiger partial charge on any atom is -0.384 e. The van der Waals surface area contributed by atoms with Crippen LogP contribution in [0.2, 0.25) is 0 Å². The summed E-state index contributed by atoms with van der Waals surface area (Å²) in [5, 5.41) is 3.13. The number of ether oxygens (including phenoxy) is 1. The molecule has 1 N–H and O–H groups in total. The van der Waals surface area contributed by atoms with Gasteiger partial charge in [0.1, 0.15) is 6.54 Å². The number of piperidine rings is 1. The lowest BCUT2D eigenvalue weighted by molar-refractivity contribution is -0.171. The lowest BCUT2D eigenvalue weighted by atomic mass is 9.78. The van der Waals surface area contributed by atoms with Crippen LogP contribution in [0.4, 0.5) is 13.2 Å². The summed E-state index contributed by atoms with van der Waals surface area (Å²) in [5.74, 6) is -0.420. The molecule has 7 heteroatoms. The van der Waals surface area contributed by atoms with Crippen LogP contribution in [0.25, 0.3) is 0 Å². The lowest BCUT2D eigenvalue weighted by Crippen LogP contribution is -2.53. The number of hydrogen-bond donors (Lipinski definition) is 1. The zero-order valence-electron chi connectivity index (χ0n) is 12.8. The molecule has 0 aliphatic carbocycles. The van der Waals surface area contributed by atoms with Gasteiger partial charge < -0.3 is 15.0 Å². The number of nitrogens with one attached hydrogen (secondary N) is 1. The number of alkyl halides is 3. The summed E-state index contributed by atoms with van der Waals surface area (Å²) in [6, 6.07) is 0. The molecule has 1 saturated heterocycles. The lowest BCUT2D eigenvalue weighted by Gasteiger charge is -2.39. The van der Waals surface area contributed by atoms with Crippen molar-refractivity contribution in [1.29, 1.82) is 0 Å². The Bertz CT molecular complexity index is 323. The number of rotatable bonds is 7. The highest BCUT2D eigenvalue weighted by Crippen LogP contribution is 2.33. The highest BCUT2D eigenvalue weighted by molar-refractivity contribution is 5.83. The molecule has 0 aromatic carbocycles. The molecule has 1 fully saturated rings. The Kier molecular flexibility index (Phi) is 6.93. The topological polar surface area (TPSA) is 41.6 Å². The van der Waals surface area contributed by atoms with Crippen LogP contribution < -0.4 is 5.32 Å². The molecule has 21 heavy (non-hydrogen) atoms. The molecule has 0 aromatic heterocycles. The van der Waals surface area contributed by atoms with Gasteiger partial charge in [0.2, 0.25) is 5.91 Å². The molecule has 0 aromatic rings. The molecule has 0 bridgehead atoms. The van der Waals surface area contributed by atoms with E-state index in [4.69, 9.17) is 4.74 Å². The zero-order valence-corrected chi connectivity index (χ0v) is 12.8. The highest BCUT2D eigenvalue weighted by atomic mass is 19.4. The first-order chi connectivity index (χ1) is 9.84. The molecular weight excluding hydrogens is 285 g/mol. The van der Waals surface area contributed by atoms with Crippen LogP contribution in [0.1, 0.15) is 32.6 Å². The molecular formula is C14H25F3N2O2. The normalized spacial score (nSPS) is 18.5. The predicted molar refractivity (Wildman–Crippen MR) is 74.0 cm³/mol. The fraction of sp³-hybridized carbons (Fsp3) is 0.929. The molecule has 4 nitrogen and oxygen atoms in total. The van der Waals surface area contributed by atoms with Crippen molar-refractivity contribution in [3.63, 3.8) is 0 Å². The summed E-state index contributed by atoms with van der Waals surface area (Å²) in [7, 11) is 1.48. The summed E-state index contributed by atoms with van der Waals surface area (Å²) in [5.41, 5.74) is -0.820. The Labute approximate surface area is 124 Å². The maximum atomic E-state index is 12.7. The minimum absolute atomic E-state index is 0.147. The van der Waals surface area contributed by atoms with Crippen LogP contribution in [0, 0.1) is 5.41 Å². The Morgan fingerprint density at radius 1 is 1.33 bits per heavy atom. The zero-order chi connectivity index (χ0) is 15.9. The maximum Gasteiger partial charge on any atom is 0.406 e. The summed E-state index contributed by atoms with van der Waals surface area (Å²) in [4.78, 5) is 13.7. The fourth-order valence-corrected chi connectivity index (χ4v) is 2.75. The van der Waals surface area contributed by atoms with Crippen molar-refractivity contribution in [3.05, 3.63) is 0 Å². The first kappa shape index (κ1) is 18.2. The SMILES string of the molecule is CCCCN(CC(F)(F)F)C(=O)C1(COC)CCNCC1. The molecule has 1 rings (SSSR count).